The van der Waals surface area contributed by atoms with E-state index in [1.165, 1.54) is 4.90 Å². The van der Waals surface area contributed by atoms with E-state index >= 15 is 0 Å². The van der Waals surface area contributed by atoms with Crippen LogP contribution in [0.4, 0.5) is 0 Å². The van der Waals surface area contributed by atoms with Crippen molar-refractivity contribution in [3.05, 3.63) is 59.8 Å². The molecule has 2 aromatic carbocycles. The zero-order chi connectivity index (χ0) is 17.3. The van der Waals surface area contributed by atoms with Gasteiger partial charge in [-0.2, -0.15) is 0 Å². The fourth-order valence-corrected chi connectivity index (χ4v) is 2.43. The minimum absolute atomic E-state index is 0.0523. The third-order valence-electron chi connectivity index (χ3n) is 3.69. The summed E-state index contributed by atoms with van der Waals surface area (Å²) in [6.45, 7) is 0. The average Bonchev–Trinajstić information content (AvgIpc) is 2.60. The zero-order valence-corrected chi connectivity index (χ0v) is 13.4. The molecule has 0 aliphatic rings. The molecule has 0 aliphatic carbocycles. The number of hydrogen-bond donors (Lipinski definition) is 1. The Labute approximate surface area is 138 Å². The van der Waals surface area contributed by atoms with E-state index in [1.54, 1.807) is 26.2 Å². The van der Waals surface area contributed by atoms with Gasteiger partial charge in [0.2, 0.25) is 0 Å². The summed E-state index contributed by atoms with van der Waals surface area (Å²) in [5.41, 5.74) is 8.45. The van der Waals surface area contributed by atoms with Gasteiger partial charge in [-0.05, 0) is 35.4 Å². The van der Waals surface area contributed by atoms with E-state index in [2.05, 4.69) is 10.2 Å². The number of rotatable bonds is 3. The lowest BCUT2D eigenvalue weighted by Gasteiger charge is -2.11. The number of benzene rings is 2. The molecule has 0 atom stereocenters. The van der Waals surface area contributed by atoms with E-state index in [1.807, 2.05) is 36.4 Å². The standard InChI is InChI=1S/C18H16N4O2/c1-22(2)18(24)14-5-3-4-11(8-14)12-6-7-13-10-16(17(19)23)21-20-15(13)9-12/h3-10H,1-2H3,(H2,19,23). The monoisotopic (exact) mass is 320 g/mol. The second kappa shape index (κ2) is 6.08. The molecule has 0 spiro atoms. The highest BCUT2D eigenvalue weighted by Crippen LogP contribution is 2.24. The van der Waals surface area contributed by atoms with Gasteiger partial charge in [0.15, 0.2) is 5.69 Å². The van der Waals surface area contributed by atoms with Crippen LogP contribution in [0.25, 0.3) is 22.0 Å². The molecular weight excluding hydrogens is 304 g/mol. The molecule has 0 unspecified atom stereocenters. The number of fused-ring (bicyclic) bond motifs is 1. The van der Waals surface area contributed by atoms with Crippen LogP contribution in [-0.4, -0.2) is 41.0 Å². The first-order chi connectivity index (χ1) is 11.5. The van der Waals surface area contributed by atoms with Crippen molar-refractivity contribution in [1.29, 1.82) is 0 Å². The van der Waals surface area contributed by atoms with Gasteiger partial charge in [0.05, 0.1) is 5.52 Å². The topological polar surface area (TPSA) is 89.2 Å². The van der Waals surface area contributed by atoms with Crippen LogP contribution >= 0.6 is 0 Å². The van der Waals surface area contributed by atoms with E-state index in [0.717, 1.165) is 16.5 Å². The highest BCUT2D eigenvalue weighted by molar-refractivity contribution is 5.96. The SMILES string of the molecule is CN(C)C(=O)c1cccc(-c2ccc3cc(C(N)=O)nnc3c2)c1. The van der Waals surface area contributed by atoms with Gasteiger partial charge in [-0.3, -0.25) is 9.59 Å². The number of amides is 2. The molecule has 3 aromatic rings. The zero-order valence-electron chi connectivity index (χ0n) is 13.4. The lowest BCUT2D eigenvalue weighted by molar-refractivity contribution is 0.0827. The van der Waals surface area contributed by atoms with E-state index in [-0.39, 0.29) is 11.6 Å². The average molecular weight is 320 g/mol. The maximum Gasteiger partial charge on any atom is 0.269 e. The normalized spacial score (nSPS) is 10.6. The molecular formula is C18H16N4O2. The maximum absolute atomic E-state index is 12.1. The smallest absolute Gasteiger partial charge is 0.269 e. The number of nitrogens with two attached hydrogens (primary N) is 1. The number of aromatic nitrogens is 2. The van der Waals surface area contributed by atoms with E-state index in [0.29, 0.717) is 11.1 Å². The summed E-state index contributed by atoms with van der Waals surface area (Å²) in [7, 11) is 3.44. The third kappa shape index (κ3) is 2.94. The van der Waals surface area contributed by atoms with Gasteiger partial charge in [0, 0.05) is 25.0 Å². The molecule has 1 heterocycles. The van der Waals surface area contributed by atoms with Crippen LogP contribution in [0.2, 0.25) is 0 Å². The predicted molar refractivity (Wildman–Crippen MR) is 91.5 cm³/mol. The van der Waals surface area contributed by atoms with Crippen LogP contribution in [0, 0.1) is 0 Å². The van der Waals surface area contributed by atoms with Crippen molar-refractivity contribution in [3.63, 3.8) is 0 Å². The van der Waals surface area contributed by atoms with Crippen LogP contribution in [0.3, 0.4) is 0 Å². The Morgan fingerprint density at radius 1 is 0.958 bits per heavy atom. The van der Waals surface area contributed by atoms with Gasteiger partial charge in [-0.1, -0.05) is 24.3 Å². The Hall–Kier alpha value is -3.28. The van der Waals surface area contributed by atoms with Crippen molar-refractivity contribution in [2.75, 3.05) is 14.1 Å². The maximum atomic E-state index is 12.1. The lowest BCUT2D eigenvalue weighted by atomic mass is 10.0. The molecule has 3 rings (SSSR count). The summed E-state index contributed by atoms with van der Waals surface area (Å²) >= 11 is 0. The molecule has 0 fully saturated rings. The van der Waals surface area contributed by atoms with Crippen molar-refractivity contribution >= 4 is 22.7 Å². The van der Waals surface area contributed by atoms with Crippen molar-refractivity contribution in [2.45, 2.75) is 0 Å². The number of primary amides is 1. The lowest BCUT2D eigenvalue weighted by Crippen LogP contribution is -2.21. The van der Waals surface area contributed by atoms with Gasteiger partial charge < -0.3 is 10.6 Å². The molecule has 2 N–H and O–H groups in total. The summed E-state index contributed by atoms with van der Waals surface area (Å²) in [5.74, 6) is -0.660. The molecule has 0 bridgehead atoms. The molecule has 0 aliphatic heterocycles. The van der Waals surface area contributed by atoms with Crippen LogP contribution in [0.15, 0.2) is 48.5 Å². The summed E-state index contributed by atoms with van der Waals surface area (Å²) < 4.78 is 0. The molecule has 120 valence electrons. The van der Waals surface area contributed by atoms with Crippen LogP contribution in [-0.2, 0) is 0 Å². The first-order valence-electron chi connectivity index (χ1n) is 7.35. The van der Waals surface area contributed by atoms with Crippen LogP contribution in [0.1, 0.15) is 20.8 Å². The Morgan fingerprint density at radius 2 is 1.71 bits per heavy atom. The highest BCUT2D eigenvalue weighted by atomic mass is 16.2. The van der Waals surface area contributed by atoms with Gasteiger partial charge in [0.1, 0.15) is 0 Å². The first kappa shape index (κ1) is 15.6. The predicted octanol–water partition coefficient (Wildman–Crippen LogP) is 2.10. The molecule has 24 heavy (non-hydrogen) atoms. The Kier molecular flexibility index (Phi) is 3.95. The van der Waals surface area contributed by atoms with Gasteiger partial charge in [0.25, 0.3) is 11.8 Å². The van der Waals surface area contributed by atoms with Gasteiger partial charge in [-0.25, -0.2) is 0 Å². The van der Waals surface area contributed by atoms with Crippen LogP contribution < -0.4 is 5.73 Å². The molecule has 2 amide bonds. The summed E-state index contributed by atoms with van der Waals surface area (Å²) in [5, 5.41) is 8.65. The van der Waals surface area contributed by atoms with Crippen LogP contribution in [0.5, 0.6) is 0 Å². The number of hydrogen-bond acceptors (Lipinski definition) is 4. The minimum Gasteiger partial charge on any atom is -0.364 e. The molecule has 1 aromatic heterocycles. The van der Waals surface area contributed by atoms with Gasteiger partial charge in [-0.15, -0.1) is 10.2 Å². The Morgan fingerprint density at radius 3 is 2.42 bits per heavy atom. The molecule has 6 nitrogen and oxygen atoms in total. The van der Waals surface area contributed by atoms with Crippen molar-refractivity contribution in [1.82, 2.24) is 15.1 Å². The molecule has 0 radical (unpaired) electrons. The second-order valence-corrected chi connectivity index (χ2v) is 5.65. The first-order valence-corrected chi connectivity index (χ1v) is 7.35. The summed E-state index contributed by atoms with van der Waals surface area (Å²) in [6, 6.07) is 14.6. The quantitative estimate of drug-likeness (QED) is 0.800. The summed E-state index contributed by atoms with van der Waals surface area (Å²) in [6.07, 6.45) is 0. The highest BCUT2D eigenvalue weighted by Gasteiger charge is 2.10. The van der Waals surface area contributed by atoms with E-state index in [4.69, 9.17) is 5.73 Å². The van der Waals surface area contributed by atoms with Crippen molar-refractivity contribution < 1.29 is 9.59 Å². The van der Waals surface area contributed by atoms with E-state index in [9.17, 15) is 9.59 Å². The van der Waals surface area contributed by atoms with E-state index < -0.39 is 5.91 Å². The minimum atomic E-state index is -0.608. The second-order valence-electron chi connectivity index (χ2n) is 5.65. The fraction of sp³-hybridized carbons (Fsp3) is 0.111. The summed E-state index contributed by atoms with van der Waals surface area (Å²) in [4.78, 5) is 24.8. The Bertz CT molecular complexity index is 951. The number of carbonyl (C=O) groups excluding carboxylic acids is 2. The number of nitrogens with zero attached hydrogens (tertiary/aromatic N) is 3. The van der Waals surface area contributed by atoms with Crippen molar-refractivity contribution in [3.8, 4) is 11.1 Å². The fourth-order valence-electron chi connectivity index (χ4n) is 2.43. The molecule has 6 heteroatoms. The third-order valence-corrected chi connectivity index (χ3v) is 3.69. The molecule has 0 saturated heterocycles. The largest absolute Gasteiger partial charge is 0.364 e. The van der Waals surface area contributed by atoms with Gasteiger partial charge >= 0.3 is 0 Å². The molecule has 0 saturated carbocycles. The van der Waals surface area contributed by atoms with Crippen molar-refractivity contribution in [2.24, 2.45) is 5.73 Å². The number of carbonyl (C=O) groups is 2. The Balaban J connectivity index is 2.04.